The summed E-state index contributed by atoms with van der Waals surface area (Å²) in [7, 11) is 3.33. The average molecular weight is 629 g/mol. The summed E-state index contributed by atoms with van der Waals surface area (Å²) < 4.78 is 17.9. The van der Waals surface area contributed by atoms with Crippen LogP contribution >= 0.6 is 0 Å². The molecule has 1 amide bonds. The van der Waals surface area contributed by atoms with Crippen molar-refractivity contribution in [3.63, 3.8) is 0 Å². The molecule has 3 atom stereocenters. The number of benzene rings is 2. The molecular formula is C25H26FN2O3Pb. The molecule has 0 spiro atoms. The van der Waals surface area contributed by atoms with E-state index in [2.05, 4.69) is 16.7 Å². The first-order valence-electron chi connectivity index (χ1n) is 10.5. The summed E-state index contributed by atoms with van der Waals surface area (Å²) in [5.41, 5.74) is 1.75. The molecule has 2 aromatic rings. The van der Waals surface area contributed by atoms with Gasteiger partial charge in [0.15, 0.2) is 0 Å². The molecule has 0 aliphatic carbocycles. The normalized spacial score (nSPS) is 19.1. The van der Waals surface area contributed by atoms with Crippen molar-refractivity contribution in [2.45, 2.75) is 28.4 Å². The average Bonchev–Trinajstić information content (AvgIpc) is 2.84. The summed E-state index contributed by atoms with van der Waals surface area (Å²) in [6.45, 7) is 1.02. The second-order valence-corrected chi connectivity index (χ2v) is 10.1. The van der Waals surface area contributed by atoms with E-state index in [1.54, 1.807) is 17.0 Å². The van der Waals surface area contributed by atoms with Gasteiger partial charge < -0.3 is 0 Å². The molecule has 0 aromatic heterocycles. The van der Waals surface area contributed by atoms with Crippen molar-refractivity contribution in [2.24, 2.45) is 0 Å². The first-order chi connectivity index (χ1) is 15.4. The molecule has 1 heterocycles. The summed E-state index contributed by atoms with van der Waals surface area (Å²) in [5.74, 6) is 5.48. The first kappa shape index (κ1) is 24.4. The fraction of sp³-hybridized carbons (Fsp3) is 0.360. The zero-order valence-electron chi connectivity index (χ0n) is 18.3. The predicted molar refractivity (Wildman–Crippen MR) is 121 cm³/mol. The van der Waals surface area contributed by atoms with Crippen molar-refractivity contribution in [3.8, 4) is 11.8 Å². The quantitative estimate of drug-likeness (QED) is 0.291. The summed E-state index contributed by atoms with van der Waals surface area (Å²) in [5, 5.41) is 0. The Morgan fingerprint density at radius 2 is 1.91 bits per heavy atom. The Morgan fingerprint density at radius 3 is 2.56 bits per heavy atom. The third-order valence-electron chi connectivity index (χ3n) is 5.74. The number of amides is 1. The van der Waals surface area contributed by atoms with Gasteiger partial charge in [-0.1, -0.05) is 0 Å². The van der Waals surface area contributed by atoms with Crippen LogP contribution in [0.3, 0.4) is 0 Å². The number of hydrogen-bond donors (Lipinski definition) is 0. The van der Waals surface area contributed by atoms with E-state index in [1.165, 1.54) is 19.2 Å². The number of carbonyl (C=O) groups excluding carboxylic acids is 2. The van der Waals surface area contributed by atoms with Crippen molar-refractivity contribution in [2.75, 3.05) is 27.2 Å². The van der Waals surface area contributed by atoms with Crippen molar-refractivity contribution in [3.05, 3.63) is 71.5 Å². The maximum absolute atomic E-state index is 13.2. The Kier molecular flexibility index (Phi) is 8.82. The summed E-state index contributed by atoms with van der Waals surface area (Å²) >= 11 is 0.667. The van der Waals surface area contributed by atoms with E-state index < -0.39 is 6.04 Å². The number of hydrogen-bond acceptors (Lipinski definition) is 4. The Bertz CT molecular complexity index is 988. The van der Waals surface area contributed by atoms with Crippen molar-refractivity contribution in [1.82, 2.24) is 9.80 Å². The molecule has 3 radical (unpaired) electrons. The van der Waals surface area contributed by atoms with E-state index in [4.69, 9.17) is 4.74 Å². The van der Waals surface area contributed by atoms with Gasteiger partial charge in [-0.15, -0.1) is 0 Å². The van der Waals surface area contributed by atoms with Gasteiger partial charge in [0.25, 0.3) is 0 Å². The number of ether oxygens (including phenoxy) is 1. The van der Waals surface area contributed by atoms with E-state index in [1.807, 2.05) is 37.4 Å². The number of esters is 1. The van der Waals surface area contributed by atoms with E-state index >= 15 is 0 Å². The Hall–Kier alpha value is -2.25. The van der Waals surface area contributed by atoms with Gasteiger partial charge in [0.2, 0.25) is 0 Å². The van der Waals surface area contributed by atoms with Gasteiger partial charge in [-0.2, -0.15) is 0 Å². The molecule has 3 rings (SSSR count). The molecule has 0 bridgehead atoms. The second kappa shape index (κ2) is 11.6. The molecule has 2 aromatic carbocycles. The molecule has 32 heavy (non-hydrogen) atoms. The molecule has 7 heteroatoms. The van der Waals surface area contributed by atoms with Gasteiger partial charge >= 0.3 is 183 Å². The number of carbonyl (C=O) groups is 2. The van der Waals surface area contributed by atoms with Crippen LogP contribution in [0.1, 0.15) is 27.4 Å². The Labute approximate surface area is 204 Å². The summed E-state index contributed by atoms with van der Waals surface area (Å²) in [4.78, 5) is 29.6. The zero-order valence-corrected chi connectivity index (χ0v) is 22.1. The second-order valence-electron chi connectivity index (χ2n) is 7.82. The van der Waals surface area contributed by atoms with Crippen LogP contribution in [-0.2, 0) is 14.3 Å². The number of piperidine rings is 1. The molecule has 165 valence electrons. The Balaban J connectivity index is 1.66. The first-order valence-corrected chi connectivity index (χ1v) is 12.7. The van der Waals surface area contributed by atoms with Crippen molar-refractivity contribution in [1.29, 1.82) is 0 Å². The minimum absolute atomic E-state index is 0.00419. The van der Waals surface area contributed by atoms with Crippen LogP contribution in [0.15, 0.2) is 54.6 Å². The van der Waals surface area contributed by atoms with Crippen LogP contribution in [0.2, 0.25) is 0 Å². The van der Waals surface area contributed by atoms with Crippen molar-refractivity contribution >= 4 is 37.6 Å². The zero-order chi connectivity index (χ0) is 23.1. The summed E-state index contributed by atoms with van der Waals surface area (Å²) in [6.07, 6.45) is 1.27. The molecular weight excluding hydrogens is 602 g/mol. The molecule has 1 aliphatic rings. The van der Waals surface area contributed by atoms with E-state index in [0.29, 0.717) is 45.3 Å². The van der Waals surface area contributed by atoms with E-state index in [-0.39, 0.29) is 27.2 Å². The van der Waals surface area contributed by atoms with Gasteiger partial charge in [0, 0.05) is 0 Å². The molecule has 1 aliphatic heterocycles. The topological polar surface area (TPSA) is 49.9 Å². The number of halogens is 1. The number of rotatable bonds is 5. The third kappa shape index (κ3) is 6.17. The fourth-order valence-corrected chi connectivity index (χ4v) is 5.25. The van der Waals surface area contributed by atoms with Gasteiger partial charge in [-0.05, 0) is 12.1 Å². The molecule has 1 fully saturated rings. The number of nitrogens with zero attached hydrogens (tertiary/aromatic N) is 2. The molecule has 0 saturated carbocycles. The third-order valence-corrected chi connectivity index (χ3v) is 8.00. The van der Waals surface area contributed by atoms with Gasteiger partial charge in [-0.25, -0.2) is 4.39 Å². The van der Waals surface area contributed by atoms with E-state index in [9.17, 15) is 14.0 Å². The van der Waals surface area contributed by atoms with Crippen LogP contribution in [-0.4, -0.2) is 86.8 Å². The molecule has 3 unspecified atom stereocenters. The SMILES string of the molecule is COC(=O)C1CC(N(C)CC#Cc2ccc(F)cc2)CCN1C(=O)[CH]([Pb])c1ccccc1. The predicted octanol–water partition coefficient (Wildman–Crippen LogP) is 2.55. The van der Waals surface area contributed by atoms with Crippen molar-refractivity contribution < 1.29 is 18.7 Å². The van der Waals surface area contributed by atoms with E-state index in [0.717, 1.165) is 17.5 Å². The molecule has 0 N–H and O–H groups in total. The van der Waals surface area contributed by atoms with Gasteiger partial charge in [-0.3, -0.25) is 0 Å². The van der Waals surface area contributed by atoms with Crippen LogP contribution in [0.4, 0.5) is 4.39 Å². The minimum atomic E-state index is -0.598. The van der Waals surface area contributed by atoms with Crippen LogP contribution in [0, 0.1) is 17.7 Å². The van der Waals surface area contributed by atoms with Crippen LogP contribution in [0.5, 0.6) is 0 Å². The van der Waals surface area contributed by atoms with Crippen LogP contribution in [0.25, 0.3) is 0 Å². The number of methoxy groups -OCH3 is 1. The molecule has 1 saturated heterocycles. The monoisotopic (exact) mass is 629 g/mol. The van der Waals surface area contributed by atoms with Crippen LogP contribution < -0.4 is 0 Å². The van der Waals surface area contributed by atoms with Gasteiger partial charge in [0.1, 0.15) is 5.82 Å². The number of likely N-dealkylation sites (tertiary alicyclic amines) is 1. The maximum atomic E-state index is 13.2. The van der Waals surface area contributed by atoms with Gasteiger partial charge in [0.05, 0.1) is 0 Å². The standard InChI is InChI=1S/C25H26FN2O3.Pb/c1-27(15-6-9-19-10-12-21(26)13-11-19)22-14-16-28(23(18-22)25(30)31-2)24(29)17-20-7-4-3-5-8-20;/h3-5,7-8,10-13,17,22-23H,14-16,18H2,1-2H3;. The molecule has 5 nitrogen and oxygen atoms in total. The Morgan fingerprint density at radius 1 is 1.22 bits per heavy atom. The fourth-order valence-electron chi connectivity index (χ4n) is 3.85. The summed E-state index contributed by atoms with van der Waals surface area (Å²) in [6, 6.07) is 15.3.